The summed E-state index contributed by atoms with van der Waals surface area (Å²) in [7, 11) is -3.54. The Kier molecular flexibility index (Phi) is 5.65. The van der Waals surface area contributed by atoms with Crippen LogP contribution in [0.4, 0.5) is 0 Å². The molecule has 26 heavy (non-hydrogen) atoms. The molecule has 1 heterocycles. The molecule has 1 N–H and O–H groups in total. The molecule has 1 saturated heterocycles. The van der Waals surface area contributed by atoms with Crippen molar-refractivity contribution in [3.05, 3.63) is 64.7 Å². The summed E-state index contributed by atoms with van der Waals surface area (Å²) < 4.78 is 27.7. The predicted octanol–water partition coefficient (Wildman–Crippen LogP) is 3.23. The number of sulfonamides is 1. The van der Waals surface area contributed by atoms with Gasteiger partial charge < -0.3 is 4.90 Å². The van der Waals surface area contributed by atoms with Crippen LogP contribution in [0.15, 0.2) is 53.4 Å². The number of likely N-dealkylation sites (tertiary alicyclic amines) is 1. The minimum absolute atomic E-state index is 0.0765. The van der Waals surface area contributed by atoms with Crippen molar-refractivity contribution in [2.45, 2.75) is 30.7 Å². The summed E-state index contributed by atoms with van der Waals surface area (Å²) in [5.74, 6) is -0.0765. The average Bonchev–Trinajstić information content (AvgIpc) is 2.62. The van der Waals surface area contributed by atoms with Crippen molar-refractivity contribution in [2.24, 2.45) is 0 Å². The highest BCUT2D eigenvalue weighted by molar-refractivity contribution is 7.89. The molecule has 3 rings (SSSR count). The lowest BCUT2D eigenvalue weighted by Crippen LogP contribution is -2.46. The van der Waals surface area contributed by atoms with Crippen molar-refractivity contribution in [1.82, 2.24) is 9.62 Å². The molecule has 5 nitrogen and oxygen atoms in total. The van der Waals surface area contributed by atoms with E-state index in [0.29, 0.717) is 36.5 Å². The maximum absolute atomic E-state index is 12.5. The molecule has 0 unspecified atom stereocenters. The summed E-state index contributed by atoms with van der Waals surface area (Å²) in [6, 6.07) is 13.5. The number of nitrogens with one attached hydrogen (secondary N) is 1. The Labute approximate surface area is 159 Å². The van der Waals surface area contributed by atoms with E-state index in [2.05, 4.69) is 4.72 Å². The van der Waals surface area contributed by atoms with Crippen LogP contribution in [0.1, 0.15) is 28.8 Å². The minimum Gasteiger partial charge on any atom is -0.339 e. The number of carbonyl (C=O) groups is 1. The Morgan fingerprint density at radius 2 is 1.77 bits per heavy atom. The number of benzene rings is 2. The molecule has 138 valence electrons. The molecule has 1 aliphatic rings. The number of halogens is 1. The quantitative estimate of drug-likeness (QED) is 0.868. The summed E-state index contributed by atoms with van der Waals surface area (Å²) in [5, 5.41) is 0.525. The lowest BCUT2D eigenvalue weighted by Gasteiger charge is -2.32. The molecule has 0 saturated carbocycles. The third kappa shape index (κ3) is 4.44. The first-order chi connectivity index (χ1) is 12.3. The molecule has 1 fully saturated rings. The van der Waals surface area contributed by atoms with E-state index in [1.165, 1.54) is 0 Å². The number of rotatable bonds is 4. The van der Waals surface area contributed by atoms with E-state index in [0.717, 1.165) is 5.56 Å². The van der Waals surface area contributed by atoms with Gasteiger partial charge in [-0.25, -0.2) is 13.1 Å². The molecular formula is C19H21ClN2O3S. The largest absolute Gasteiger partial charge is 0.339 e. The van der Waals surface area contributed by atoms with Crippen LogP contribution in [0.2, 0.25) is 5.02 Å². The van der Waals surface area contributed by atoms with Gasteiger partial charge in [-0.05, 0) is 50.1 Å². The second-order valence-corrected chi connectivity index (χ2v) is 8.66. The highest BCUT2D eigenvalue weighted by Gasteiger charge is 2.27. The SMILES string of the molecule is Cc1ccc(S(=O)(=O)NC2CCN(C(=O)c3cccc(Cl)c3)CC2)cc1. The van der Waals surface area contributed by atoms with Crippen molar-refractivity contribution < 1.29 is 13.2 Å². The van der Waals surface area contributed by atoms with E-state index in [9.17, 15) is 13.2 Å². The van der Waals surface area contributed by atoms with Gasteiger partial charge >= 0.3 is 0 Å². The van der Waals surface area contributed by atoms with Crippen molar-refractivity contribution in [1.29, 1.82) is 0 Å². The van der Waals surface area contributed by atoms with Crippen LogP contribution in [0.5, 0.6) is 0 Å². The van der Waals surface area contributed by atoms with Crippen molar-refractivity contribution in [3.8, 4) is 0 Å². The molecule has 0 spiro atoms. The zero-order valence-electron chi connectivity index (χ0n) is 14.5. The average molecular weight is 393 g/mol. The van der Waals surface area contributed by atoms with Crippen LogP contribution in [0.3, 0.4) is 0 Å². The lowest BCUT2D eigenvalue weighted by atomic mass is 10.0. The molecule has 0 atom stereocenters. The van der Waals surface area contributed by atoms with Gasteiger partial charge in [-0.15, -0.1) is 0 Å². The Morgan fingerprint density at radius 3 is 2.38 bits per heavy atom. The van der Waals surface area contributed by atoms with Crippen LogP contribution >= 0.6 is 11.6 Å². The fraction of sp³-hybridized carbons (Fsp3) is 0.316. The zero-order chi connectivity index (χ0) is 18.7. The van der Waals surface area contributed by atoms with Gasteiger partial charge in [0.15, 0.2) is 0 Å². The second-order valence-electron chi connectivity index (χ2n) is 6.51. The van der Waals surface area contributed by atoms with E-state index in [1.807, 2.05) is 6.92 Å². The normalized spacial score (nSPS) is 15.8. The molecule has 0 bridgehead atoms. The van der Waals surface area contributed by atoms with Gasteiger partial charge in [0.2, 0.25) is 10.0 Å². The maximum Gasteiger partial charge on any atom is 0.253 e. The van der Waals surface area contributed by atoms with Crippen LogP contribution in [0.25, 0.3) is 0 Å². The molecule has 0 radical (unpaired) electrons. The Hall–Kier alpha value is -1.89. The van der Waals surface area contributed by atoms with E-state index in [4.69, 9.17) is 11.6 Å². The number of hydrogen-bond donors (Lipinski definition) is 1. The number of nitrogens with zero attached hydrogens (tertiary/aromatic N) is 1. The van der Waals surface area contributed by atoms with Gasteiger partial charge in [-0.3, -0.25) is 4.79 Å². The Morgan fingerprint density at radius 1 is 1.12 bits per heavy atom. The van der Waals surface area contributed by atoms with Gasteiger partial charge in [0, 0.05) is 29.7 Å². The number of amides is 1. The molecular weight excluding hydrogens is 372 g/mol. The number of aryl methyl sites for hydroxylation is 1. The fourth-order valence-corrected chi connectivity index (χ4v) is 4.50. The smallest absolute Gasteiger partial charge is 0.253 e. The first-order valence-electron chi connectivity index (χ1n) is 8.49. The number of carbonyl (C=O) groups excluding carboxylic acids is 1. The molecule has 2 aromatic carbocycles. The Balaban J connectivity index is 1.60. The summed E-state index contributed by atoms with van der Waals surface area (Å²) in [4.78, 5) is 14.5. The van der Waals surface area contributed by atoms with E-state index < -0.39 is 10.0 Å². The monoisotopic (exact) mass is 392 g/mol. The maximum atomic E-state index is 12.5. The van der Waals surface area contributed by atoms with E-state index in [-0.39, 0.29) is 16.8 Å². The third-order valence-electron chi connectivity index (χ3n) is 4.51. The van der Waals surface area contributed by atoms with Gasteiger partial charge in [0.1, 0.15) is 0 Å². The number of hydrogen-bond acceptors (Lipinski definition) is 3. The van der Waals surface area contributed by atoms with Crippen molar-refractivity contribution >= 4 is 27.5 Å². The molecule has 1 amide bonds. The topological polar surface area (TPSA) is 66.5 Å². The van der Waals surface area contributed by atoms with Crippen molar-refractivity contribution in [3.63, 3.8) is 0 Å². The summed E-state index contributed by atoms with van der Waals surface area (Å²) >= 11 is 5.94. The predicted molar refractivity (Wildman–Crippen MR) is 102 cm³/mol. The highest BCUT2D eigenvalue weighted by atomic mass is 35.5. The van der Waals surface area contributed by atoms with Gasteiger partial charge in [-0.2, -0.15) is 0 Å². The van der Waals surface area contributed by atoms with Crippen LogP contribution in [-0.4, -0.2) is 38.4 Å². The first kappa shape index (κ1) is 18.9. The van der Waals surface area contributed by atoms with Crippen LogP contribution in [0, 0.1) is 6.92 Å². The molecule has 2 aromatic rings. The molecule has 7 heteroatoms. The summed E-state index contributed by atoms with van der Waals surface area (Å²) in [6.07, 6.45) is 1.16. The molecule has 0 aromatic heterocycles. The number of piperidine rings is 1. The van der Waals surface area contributed by atoms with E-state index >= 15 is 0 Å². The van der Waals surface area contributed by atoms with Gasteiger partial charge in [0.05, 0.1) is 4.90 Å². The fourth-order valence-electron chi connectivity index (χ4n) is 3.01. The zero-order valence-corrected chi connectivity index (χ0v) is 16.1. The molecule has 0 aliphatic carbocycles. The lowest BCUT2D eigenvalue weighted by molar-refractivity contribution is 0.0711. The minimum atomic E-state index is -3.54. The standard InChI is InChI=1S/C19H21ClN2O3S/c1-14-5-7-18(8-6-14)26(24,25)21-17-9-11-22(12-10-17)19(23)15-3-2-4-16(20)13-15/h2-8,13,17,21H,9-12H2,1H3. The van der Waals surface area contributed by atoms with Crippen LogP contribution in [-0.2, 0) is 10.0 Å². The molecule has 1 aliphatic heterocycles. The van der Waals surface area contributed by atoms with Crippen LogP contribution < -0.4 is 4.72 Å². The third-order valence-corrected chi connectivity index (χ3v) is 6.28. The Bertz CT molecular complexity index is 889. The van der Waals surface area contributed by atoms with E-state index in [1.54, 1.807) is 53.4 Å². The van der Waals surface area contributed by atoms with Crippen molar-refractivity contribution in [2.75, 3.05) is 13.1 Å². The highest BCUT2D eigenvalue weighted by Crippen LogP contribution is 2.19. The summed E-state index contributed by atoms with van der Waals surface area (Å²) in [5.41, 5.74) is 1.56. The van der Waals surface area contributed by atoms with Gasteiger partial charge in [0.25, 0.3) is 5.91 Å². The van der Waals surface area contributed by atoms with Gasteiger partial charge in [-0.1, -0.05) is 35.4 Å². The summed E-state index contributed by atoms with van der Waals surface area (Å²) in [6.45, 7) is 2.93. The first-order valence-corrected chi connectivity index (χ1v) is 10.3. The second kappa shape index (κ2) is 7.78.